The number of amides is 18. The lowest BCUT2D eigenvalue weighted by Crippen LogP contribution is -2.63. The third-order valence-electron chi connectivity index (χ3n) is 19.6. The van der Waals surface area contributed by atoms with E-state index >= 15 is 0 Å². The summed E-state index contributed by atoms with van der Waals surface area (Å²) in [6.45, 7) is 6.38. The van der Waals surface area contributed by atoms with Crippen molar-refractivity contribution in [2.24, 2.45) is 29.0 Å². The van der Waals surface area contributed by atoms with Crippen LogP contribution in [0.15, 0.2) is 54.6 Å². The molecule has 32 N–H and O–H groups in total. The number of phenolic OH excluding ortho intramolecular Hbond substituents is 1. The Labute approximate surface area is 768 Å². The second-order valence-electron chi connectivity index (χ2n) is 31.7. The van der Waals surface area contributed by atoms with Gasteiger partial charge >= 0.3 is 23.9 Å². The number of carboxylic acids is 4. The van der Waals surface area contributed by atoms with Crippen molar-refractivity contribution in [3.05, 3.63) is 65.7 Å². The molecule has 0 spiro atoms. The summed E-state index contributed by atoms with van der Waals surface area (Å²) in [5, 5.41) is 129. The third kappa shape index (κ3) is 43.5. The summed E-state index contributed by atoms with van der Waals surface area (Å²) >= 11 is 4.16. The number of benzene rings is 2. The van der Waals surface area contributed by atoms with Gasteiger partial charge in [-0.15, -0.1) is 0 Å². The number of primary amides is 1. The van der Waals surface area contributed by atoms with E-state index in [9.17, 15) is 146 Å². The molecule has 2 aromatic carbocycles. The van der Waals surface area contributed by atoms with Gasteiger partial charge in [0, 0.05) is 37.9 Å². The number of carbonyl (C=O) groups is 22. The predicted octanol–water partition coefficient (Wildman–Crippen LogP) is -10.9. The fraction of sp³-hybridized carbons (Fsp3) is 0.580. The molecule has 0 aliphatic heterocycles. The fourth-order valence-electron chi connectivity index (χ4n) is 12.2. The molecule has 2 rings (SSSR count). The molecular formula is C81H124N20O31S. The van der Waals surface area contributed by atoms with Crippen LogP contribution in [-0.4, -0.2) is 324 Å². The van der Waals surface area contributed by atoms with Crippen LogP contribution < -0.4 is 108 Å². The number of unbranched alkanes of at least 4 members (excludes halogenated alkanes) is 1. The van der Waals surface area contributed by atoms with E-state index < -0.39 is 328 Å². The maximum atomic E-state index is 14.6. The molecule has 18 amide bonds. The van der Waals surface area contributed by atoms with Crippen LogP contribution in [0.5, 0.6) is 5.75 Å². The van der Waals surface area contributed by atoms with Crippen molar-refractivity contribution >= 4 is 143 Å². The van der Waals surface area contributed by atoms with Crippen molar-refractivity contribution in [3.8, 4) is 5.75 Å². The first kappa shape index (κ1) is 116. The Morgan fingerprint density at radius 2 is 0.752 bits per heavy atom. The van der Waals surface area contributed by atoms with E-state index in [0.29, 0.717) is 18.4 Å². The molecule has 740 valence electrons. The van der Waals surface area contributed by atoms with E-state index in [1.54, 1.807) is 32.0 Å². The Morgan fingerprint density at radius 3 is 1.25 bits per heavy atom. The van der Waals surface area contributed by atoms with Crippen LogP contribution >= 0.6 is 12.6 Å². The highest BCUT2D eigenvalue weighted by atomic mass is 32.1. The van der Waals surface area contributed by atoms with E-state index in [2.05, 4.69) is 97.7 Å². The van der Waals surface area contributed by atoms with Crippen LogP contribution in [0.2, 0.25) is 0 Å². The van der Waals surface area contributed by atoms with E-state index in [1.165, 1.54) is 64.1 Å². The molecular weight excluding hydrogens is 1780 g/mol. The van der Waals surface area contributed by atoms with Gasteiger partial charge < -0.3 is 154 Å². The van der Waals surface area contributed by atoms with Gasteiger partial charge in [0.05, 0.1) is 51.0 Å². The highest BCUT2D eigenvalue weighted by Gasteiger charge is 2.40. The number of carbonyl (C=O) groups excluding carboxylic acids is 18. The van der Waals surface area contributed by atoms with Crippen molar-refractivity contribution in [1.82, 2.24) is 90.4 Å². The van der Waals surface area contributed by atoms with E-state index in [4.69, 9.17) is 22.3 Å². The van der Waals surface area contributed by atoms with Crippen molar-refractivity contribution < 1.29 is 151 Å². The number of phenols is 1. The van der Waals surface area contributed by atoms with Gasteiger partial charge in [0.1, 0.15) is 96.4 Å². The minimum Gasteiger partial charge on any atom is -0.508 e. The minimum atomic E-state index is -2.16. The Bertz CT molecular complexity index is 4360. The lowest BCUT2D eigenvalue weighted by Gasteiger charge is -2.29. The molecule has 0 saturated heterocycles. The standard InChI is InChI=1S/C81H124N20O31S/c1-37(2)28-50(71(121)90-47(23-26-61(112)113)69(119)86-32-58(108)89-48(22-24-57(84)107)70(120)88-39(5)66(116)87-40(6)67(117)91-49(81(131)132)16-12-13-27-82)92-72(122)51(30-44-17-19-45(106)20-18-44)93-75(125)54(34-102)96-77(127)56(36-133)98-78(128)63(38(3)4)100-74(124)53(31-62(114)115)94-76(126)55(35-103)97-80(130)65(42(8)105)101-73(123)52(29-43-14-10-9-11-15-43)95-79(129)64(41(7)104)99-59(109)33-85-68(118)46(83)21-25-60(110)111/h9-11,14-15,17-20,37-42,46-56,63-65,102-106,133H,12-13,16,21-36,82-83H2,1-8H3,(H2,84,107)(H,85,118)(H,86,119)(H,87,116)(H,88,120)(H,89,108)(H,90,121)(H,91,117)(H,92,122)(H,93,125)(H,94,126)(H,95,129)(H,96,127)(H,97,130)(H,98,128)(H,99,109)(H,100,124)(H,101,123)(H,110,111)(H,112,113)(H,114,115)(H,131,132)/t39-,40-,41+,42+,46-,47-,48-,49-,50-,51-,52-,53-,54-,55-,56-,63-,64-,65-/m0/s1. The summed E-state index contributed by atoms with van der Waals surface area (Å²) in [5.41, 5.74) is 17.1. The van der Waals surface area contributed by atoms with Crippen molar-refractivity contribution in [3.63, 3.8) is 0 Å². The number of rotatable bonds is 62. The number of carboxylic acid groups (broad SMARTS) is 4. The lowest BCUT2D eigenvalue weighted by atomic mass is 10.00. The molecule has 18 atom stereocenters. The maximum absolute atomic E-state index is 14.6. The fourth-order valence-corrected chi connectivity index (χ4v) is 12.5. The first-order valence-electron chi connectivity index (χ1n) is 42.1. The van der Waals surface area contributed by atoms with Gasteiger partial charge in [0.2, 0.25) is 106 Å². The predicted molar refractivity (Wildman–Crippen MR) is 467 cm³/mol. The van der Waals surface area contributed by atoms with Crippen molar-refractivity contribution in [2.45, 2.75) is 248 Å². The van der Waals surface area contributed by atoms with Gasteiger partial charge in [-0.1, -0.05) is 70.2 Å². The minimum absolute atomic E-state index is 0.0342. The molecule has 0 unspecified atom stereocenters. The molecule has 0 aliphatic rings. The summed E-state index contributed by atoms with van der Waals surface area (Å²) in [6, 6.07) is -14.8. The van der Waals surface area contributed by atoms with Gasteiger partial charge in [-0.2, -0.15) is 12.6 Å². The van der Waals surface area contributed by atoms with Gasteiger partial charge in [0.15, 0.2) is 0 Å². The Morgan fingerprint density at radius 1 is 0.368 bits per heavy atom. The quantitative estimate of drug-likeness (QED) is 0.0216. The summed E-state index contributed by atoms with van der Waals surface area (Å²) in [5.74, 6) is -28.9. The second-order valence-corrected chi connectivity index (χ2v) is 32.1. The van der Waals surface area contributed by atoms with Gasteiger partial charge in [-0.25, -0.2) is 4.79 Å². The zero-order chi connectivity index (χ0) is 101. The Hall–Kier alpha value is -13.3. The SMILES string of the molecule is CC(C)C[C@H](NC(=O)[C@H](Cc1ccc(O)cc1)NC(=O)[C@H](CO)NC(=O)[C@H](CS)NC(=O)[C@@H](NC(=O)[C@H](CC(=O)O)NC(=O)[C@H](CO)NC(=O)[C@@H](NC(=O)[C@H](Cc1ccccc1)NC(=O)[C@@H](NC(=O)CNC(=O)[C@@H](N)CCC(=O)O)[C@@H](C)O)[C@@H](C)O)C(C)C)C(=O)N[C@@H](CCC(=O)O)C(=O)NCC(=O)N[C@@H](CCC(N)=O)C(=O)N[C@@H](C)C(=O)N[C@@H](C)C(=O)N[C@@H](CCCCN)C(=O)O. The number of nitrogens with two attached hydrogens (primary N) is 3. The molecule has 0 aliphatic carbocycles. The molecule has 0 fully saturated rings. The number of thiol groups is 1. The topological polar surface area (TPSA) is 840 Å². The normalized spacial score (nSPS) is 15.1. The average Bonchev–Trinajstić information content (AvgIpc) is 0.844. The molecule has 2 aromatic rings. The molecule has 52 heteroatoms. The average molecular weight is 1910 g/mol. The molecule has 0 saturated carbocycles. The summed E-state index contributed by atoms with van der Waals surface area (Å²) in [7, 11) is 0. The van der Waals surface area contributed by atoms with E-state index in [1.807, 2.05) is 5.32 Å². The van der Waals surface area contributed by atoms with E-state index in [0.717, 1.165) is 13.8 Å². The molecule has 0 aromatic heterocycles. The first-order chi connectivity index (χ1) is 62.4. The first-order valence-corrected chi connectivity index (χ1v) is 42.7. The second kappa shape index (κ2) is 59.2. The lowest BCUT2D eigenvalue weighted by molar-refractivity contribution is -0.142. The zero-order valence-electron chi connectivity index (χ0n) is 74.4. The molecule has 0 bridgehead atoms. The van der Waals surface area contributed by atoms with Gasteiger partial charge in [0.25, 0.3) is 0 Å². The van der Waals surface area contributed by atoms with Crippen LogP contribution in [0.25, 0.3) is 0 Å². The van der Waals surface area contributed by atoms with Crippen LogP contribution in [-0.2, 0) is 118 Å². The number of aliphatic hydroxyl groups is 4. The van der Waals surface area contributed by atoms with Crippen LogP contribution in [0.3, 0.4) is 0 Å². The smallest absolute Gasteiger partial charge is 0.326 e. The Kier molecular flexibility index (Phi) is 51.5. The molecule has 0 radical (unpaired) electrons. The largest absolute Gasteiger partial charge is 0.508 e. The number of hydrogen-bond donors (Lipinski definition) is 30. The highest BCUT2D eigenvalue weighted by Crippen LogP contribution is 2.16. The van der Waals surface area contributed by atoms with Gasteiger partial charge in [-0.3, -0.25) is 101 Å². The summed E-state index contributed by atoms with van der Waals surface area (Å²) in [6.07, 6.45) is -8.18. The summed E-state index contributed by atoms with van der Waals surface area (Å²) < 4.78 is 0. The monoisotopic (exact) mass is 1900 g/mol. The van der Waals surface area contributed by atoms with Crippen LogP contribution in [0.4, 0.5) is 0 Å². The number of nitrogens with one attached hydrogen (secondary N) is 17. The van der Waals surface area contributed by atoms with E-state index in [-0.39, 0.29) is 43.5 Å². The summed E-state index contributed by atoms with van der Waals surface area (Å²) in [4.78, 5) is 292. The number of hydrogen-bond acceptors (Lipinski definition) is 30. The molecule has 51 nitrogen and oxygen atoms in total. The number of aliphatic hydroxyl groups excluding tert-OH is 4. The van der Waals surface area contributed by atoms with Crippen molar-refractivity contribution in [1.29, 1.82) is 0 Å². The highest BCUT2D eigenvalue weighted by molar-refractivity contribution is 7.80. The molecule has 133 heavy (non-hydrogen) atoms. The van der Waals surface area contributed by atoms with Crippen LogP contribution in [0, 0.1) is 11.8 Å². The maximum Gasteiger partial charge on any atom is 0.326 e. The van der Waals surface area contributed by atoms with Crippen molar-refractivity contribution in [2.75, 3.05) is 38.6 Å². The zero-order valence-corrected chi connectivity index (χ0v) is 75.3. The number of aromatic hydroxyl groups is 1. The third-order valence-corrected chi connectivity index (χ3v) is 20.0. The number of aliphatic carboxylic acids is 4. The molecule has 0 heterocycles. The van der Waals surface area contributed by atoms with Crippen LogP contribution in [0.1, 0.15) is 137 Å². The van der Waals surface area contributed by atoms with Gasteiger partial charge in [-0.05, 0) is 114 Å². The Balaban J connectivity index is 2.37.